The van der Waals surface area contributed by atoms with Crippen LogP contribution in [0.5, 0.6) is 0 Å². The lowest BCUT2D eigenvalue weighted by molar-refractivity contribution is -0.150. The van der Waals surface area contributed by atoms with Crippen LogP contribution >= 0.6 is 0 Å². The van der Waals surface area contributed by atoms with E-state index in [0.29, 0.717) is 19.5 Å². The van der Waals surface area contributed by atoms with Crippen molar-refractivity contribution in [2.75, 3.05) is 13.1 Å². The SMILES string of the molecule is CC1(C(=O)O)CCCN(C(=O)NC2CCCC2)C1. The number of piperidine rings is 1. The quantitative estimate of drug-likeness (QED) is 0.789. The van der Waals surface area contributed by atoms with Gasteiger partial charge in [-0.15, -0.1) is 0 Å². The molecule has 1 atom stereocenters. The average molecular weight is 254 g/mol. The van der Waals surface area contributed by atoms with Crippen LogP contribution in [0.1, 0.15) is 45.4 Å². The molecule has 102 valence electrons. The highest BCUT2D eigenvalue weighted by Gasteiger charge is 2.39. The molecule has 1 aliphatic carbocycles. The maximum Gasteiger partial charge on any atom is 0.317 e. The largest absolute Gasteiger partial charge is 0.481 e. The Morgan fingerprint density at radius 1 is 1.28 bits per heavy atom. The van der Waals surface area contributed by atoms with E-state index >= 15 is 0 Å². The van der Waals surface area contributed by atoms with E-state index < -0.39 is 11.4 Å². The van der Waals surface area contributed by atoms with Crippen molar-refractivity contribution in [2.24, 2.45) is 5.41 Å². The van der Waals surface area contributed by atoms with Crippen molar-refractivity contribution >= 4 is 12.0 Å². The van der Waals surface area contributed by atoms with E-state index in [9.17, 15) is 14.7 Å². The average Bonchev–Trinajstić information content (AvgIpc) is 2.81. The van der Waals surface area contributed by atoms with Crippen LogP contribution in [0.4, 0.5) is 4.79 Å². The molecule has 2 amide bonds. The Morgan fingerprint density at radius 2 is 1.94 bits per heavy atom. The fraction of sp³-hybridized carbons (Fsp3) is 0.846. The molecule has 2 fully saturated rings. The van der Waals surface area contributed by atoms with Gasteiger partial charge in [0.1, 0.15) is 0 Å². The zero-order valence-corrected chi connectivity index (χ0v) is 10.9. The number of urea groups is 1. The fourth-order valence-electron chi connectivity index (χ4n) is 2.92. The molecule has 1 aliphatic heterocycles. The number of amides is 2. The van der Waals surface area contributed by atoms with Gasteiger partial charge >= 0.3 is 12.0 Å². The van der Waals surface area contributed by atoms with Crippen molar-refractivity contribution in [3.05, 3.63) is 0 Å². The summed E-state index contributed by atoms with van der Waals surface area (Å²) in [7, 11) is 0. The van der Waals surface area contributed by atoms with Crippen molar-refractivity contribution in [1.82, 2.24) is 10.2 Å². The molecule has 0 radical (unpaired) electrons. The molecule has 0 aromatic heterocycles. The zero-order chi connectivity index (χ0) is 13.2. The van der Waals surface area contributed by atoms with Gasteiger partial charge < -0.3 is 15.3 Å². The number of rotatable bonds is 2. The van der Waals surface area contributed by atoms with Gasteiger partial charge in [0.2, 0.25) is 0 Å². The lowest BCUT2D eigenvalue weighted by atomic mass is 9.82. The molecule has 2 aliphatic rings. The maximum atomic E-state index is 12.1. The fourth-order valence-corrected chi connectivity index (χ4v) is 2.92. The Hall–Kier alpha value is -1.26. The Labute approximate surface area is 108 Å². The summed E-state index contributed by atoms with van der Waals surface area (Å²) in [6.07, 6.45) is 5.87. The number of hydrogen-bond acceptors (Lipinski definition) is 2. The number of carboxylic acid groups (broad SMARTS) is 1. The molecule has 0 aromatic carbocycles. The third-order valence-electron chi connectivity index (χ3n) is 4.18. The summed E-state index contributed by atoms with van der Waals surface area (Å²) in [5.41, 5.74) is -0.786. The second-order valence-corrected chi connectivity index (χ2v) is 5.82. The van der Waals surface area contributed by atoms with E-state index in [0.717, 1.165) is 19.3 Å². The van der Waals surface area contributed by atoms with Crippen LogP contribution in [0.15, 0.2) is 0 Å². The molecule has 0 bridgehead atoms. The first-order valence-corrected chi connectivity index (χ1v) is 6.80. The second-order valence-electron chi connectivity index (χ2n) is 5.82. The molecule has 18 heavy (non-hydrogen) atoms. The van der Waals surface area contributed by atoms with E-state index in [1.54, 1.807) is 11.8 Å². The van der Waals surface area contributed by atoms with Crippen LogP contribution in [0.25, 0.3) is 0 Å². The zero-order valence-electron chi connectivity index (χ0n) is 10.9. The first kappa shape index (κ1) is 13.2. The maximum absolute atomic E-state index is 12.1. The van der Waals surface area contributed by atoms with E-state index in [-0.39, 0.29) is 12.1 Å². The van der Waals surface area contributed by atoms with E-state index in [1.165, 1.54) is 12.8 Å². The lowest BCUT2D eigenvalue weighted by Crippen LogP contribution is -2.52. The molecule has 1 unspecified atom stereocenters. The minimum absolute atomic E-state index is 0.0888. The molecule has 5 nitrogen and oxygen atoms in total. The van der Waals surface area contributed by atoms with E-state index in [2.05, 4.69) is 5.32 Å². The Bertz CT molecular complexity index is 339. The van der Waals surface area contributed by atoms with Gasteiger partial charge in [-0.05, 0) is 32.6 Å². The smallest absolute Gasteiger partial charge is 0.317 e. The monoisotopic (exact) mass is 254 g/mol. The summed E-state index contributed by atoms with van der Waals surface area (Å²) in [4.78, 5) is 25.0. The van der Waals surface area contributed by atoms with Gasteiger partial charge in [-0.1, -0.05) is 12.8 Å². The summed E-state index contributed by atoms with van der Waals surface area (Å²) < 4.78 is 0. The van der Waals surface area contributed by atoms with Crippen LogP contribution in [-0.2, 0) is 4.79 Å². The predicted molar refractivity (Wildman–Crippen MR) is 67.3 cm³/mol. The first-order valence-electron chi connectivity index (χ1n) is 6.80. The molecule has 1 saturated heterocycles. The number of aliphatic carboxylic acids is 1. The summed E-state index contributed by atoms with van der Waals surface area (Å²) >= 11 is 0. The Balaban J connectivity index is 1.91. The number of likely N-dealkylation sites (tertiary alicyclic amines) is 1. The first-order chi connectivity index (χ1) is 8.51. The molecule has 1 saturated carbocycles. The Morgan fingerprint density at radius 3 is 2.56 bits per heavy atom. The standard InChI is InChI=1S/C13H22N2O3/c1-13(11(16)17)7-4-8-15(9-13)12(18)14-10-5-2-3-6-10/h10H,2-9H2,1H3,(H,14,18)(H,16,17). The van der Waals surface area contributed by atoms with Crippen molar-refractivity contribution in [2.45, 2.75) is 51.5 Å². The molecule has 2 N–H and O–H groups in total. The number of carbonyl (C=O) groups is 2. The van der Waals surface area contributed by atoms with Crippen LogP contribution < -0.4 is 5.32 Å². The number of nitrogens with zero attached hydrogens (tertiary/aromatic N) is 1. The van der Waals surface area contributed by atoms with E-state index in [4.69, 9.17) is 0 Å². The molecular weight excluding hydrogens is 232 g/mol. The van der Waals surface area contributed by atoms with Crippen molar-refractivity contribution in [1.29, 1.82) is 0 Å². The minimum atomic E-state index is -0.805. The Kier molecular flexibility index (Phi) is 3.78. The normalized spacial score (nSPS) is 29.3. The molecular formula is C13H22N2O3. The highest BCUT2D eigenvalue weighted by molar-refractivity contribution is 5.78. The van der Waals surface area contributed by atoms with Crippen LogP contribution in [0, 0.1) is 5.41 Å². The van der Waals surface area contributed by atoms with Gasteiger partial charge in [-0.3, -0.25) is 4.79 Å². The highest BCUT2D eigenvalue weighted by Crippen LogP contribution is 2.29. The van der Waals surface area contributed by atoms with Crippen molar-refractivity contribution in [3.63, 3.8) is 0 Å². The summed E-state index contributed by atoms with van der Waals surface area (Å²) in [6.45, 7) is 2.71. The lowest BCUT2D eigenvalue weighted by Gasteiger charge is -2.37. The third kappa shape index (κ3) is 2.76. The predicted octanol–water partition coefficient (Wildman–Crippen LogP) is 1.83. The molecule has 2 rings (SSSR count). The summed E-state index contributed by atoms with van der Waals surface area (Å²) in [5.74, 6) is -0.805. The molecule has 1 heterocycles. The van der Waals surface area contributed by atoms with Gasteiger partial charge in [0.25, 0.3) is 0 Å². The minimum Gasteiger partial charge on any atom is -0.481 e. The second kappa shape index (κ2) is 5.16. The van der Waals surface area contributed by atoms with Crippen molar-refractivity contribution in [3.8, 4) is 0 Å². The van der Waals surface area contributed by atoms with Crippen LogP contribution in [0.2, 0.25) is 0 Å². The van der Waals surface area contributed by atoms with Crippen LogP contribution in [-0.4, -0.2) is 41.1 Å². The number of carboxylic acids is 1. The number of hydrogen-bond donors (Lipinski definition) is 2. The van der Waals surface area contributed by atoms with Gasteiger partial charge in [0, 0.05) is 19.1 Å². The molecule has 0 spiro atoms. The van der Waals surface area contributed by atoms with Gasteiger partial charge in [-0.2, -0.15) is 0 Å². The highest BCUT2D eigenvalue weighted by atomic mass is 16.4. The molecule has 5 heteroatoms. The molecule has 0 aromatic rings. The van der Waals surface area contributed by atoms with Crippen LogP contribution in [0.3, 0.4) is 0 Å². The van der Waals surface area contributed by atoms with Gasteiger partial charge in [0.15, 0.2) is 0 Å². The van der Waals surface area contributed by atoms with Gasteiger partial charge in [0.05, 0.1) is 5.41 Å². The number of carbonyl (C=O) groups excluding carboxylic acids is 1. The summed E-state index contributed by atoms with van der Waals surface area (Å²) in [5, 5.41) is 12.2. The topological polar surface area (TPSA) is 69.6 Å². The number of nitrogens with one attached hydrogen (secondary N) is 1. The summed E-state index contributed by atoms with van der Waals surface area (Å²) in [6, 6.07) is 0.199. The van der Waals surface area contributed by atoms with Gasteiger partial charge in [-0.25, -0.2) is 4.79 Å². The third-order valence-corrected chi connectivity index (χ3v) is 4.18. The van der Waals surface area contributed by atoms with Crippen molar-refractivity contribution < 1.29 is 14.7 Å². The van der Waals surface area contributed by atoms with E-state index in [1.807, 2.05) is 0 Å².